The zero-order valence-electron chi connectivity index (χ0n) is 16.6. The van der Waals surface area contributed by atoms with E-state index in [0.29, 0.717) is 13.1 Å². The number of guanidine groups is 1. The highest BCUT2D eigenvalue weighted by molar-refractivity contribution is 7.11. The van der Waals surface area contributed by atoms with Gasteiger partial charge < -0.3 is 10.6 Å². The molecule has 148 valence electrons. The first-order valence-corrected chi connectivity index (χ1v) is 10.3. The van der Waals surface area contributed by atoms with Crippen molar-refractivity contribution in [3.8, 4) is 0 Å². The first kappa shape index (κ1) is 20.0. The molecule has 0 atom stereocenters. The second-order valence-electron chi connectivity index (χ2n) is 6.53. The lowest BCUT2D eigenvalue weighted by atomic mass is 10.1. The van der Waals surface area contributed by atoms with E-state index in [0.717, 1.165) is 31.2 Å². The summed E-state index contributed by atoms with van der Waals surface area (Å²) in [6, 6.07) is 8.41. The molecule has 0 bridgehead atoms. The Hall–Kier alpha value is -2.74. The summed E-state index contributed by atoms with van der Waals surface area (Å²) in [5, 5.41) is 12.0. The van der Waals surface area contributed by atoms with Gasteiger partial charge in [0, 0.05) is 24.4 Å². The maximum absolute atomic E-state index is 4.72. The zero-order valence-corrected chi connectivity index (χ0v) is 17.5. The minimum Gasteiger partial charge on any atom is -0.357 e. The Morgan fingerprint density at radius 3 is 2.79 bits per heavy atom. The maximum Gasteiger partial charge on any atom is 0.191 e. The fraction of sp³-hybridized carbons (Fsp3) is 0.400. The molecular weight excluding hydrogens is 370 g/mol. The van der Waals surface area contributed by atoms with Gasteiger partial charge in [-0.25, -0.2) is 19.6 Å². The molecule has 3 rings (SSSR count). The molecule has 3 aromatic rings. The molecular formula is C20H27N7S. The van der Waals surface area contributed by atoms with E-state index in [2.05, 4.69) is 70.7 Å². The van der Waals surface area contributed by atoms with E-state index in [4.69, 9.17) is 4.99 Å². The van der Waals surface area contributed by atoms with Crippen molar-refractivity contribution in [1.82, 2.24) is 30.4 Å². The van der Waals surface area contributed by atoms with Gasteiger partial charge in [0.15, 0.2) is 5.96 Å². The number of nitrogens with one attached hydrogen (secondary N) is 2. The number of hydrogen-bond donors (Lipinski definition) is 2. The summed E-state index contributed by atoms with van der Waals surface area (Å²) in [6.45, 7) is 9.22. The number of thiazole rings is 1. The molecule has 0 aliphatic rings. The summed E-state index contributed by atoms with van der Waals surface area (Å²) >= 11 is 1.77. The minimum absolute atomic E-state index is 0.621. The predicted molar refractivity (Wildman–Crippen MR) is 114 cm³/mol. The molecule has 8 heteroatoms. The van der Waals surface area contributed by atoms with Gasteiger partial charge in [-0.2, -0.15) is 5.10 Å². The number of aromatic nitrogens is 4. The largest absolute Gasteiger partial charge is 0.357 e. The molecule has 0 spiro atoms. The lowest BCUT2D eigenvalue weighted by Crippen LogP contribution is -2.38. The van der Waals surface area contributed by atoms with E-state index in [9.17, 15) is 0 Å². The monoisotopic (exact) mass is 397 g/mol. The van der Waals surface area contributed by atoms with Crippen molar-refractivity contribution in [2.75, 3.05) is 13.1 Å². The van der Waals surface area contributed by atoms with Crippen molar-refractivity contribution < 1.29 is 0 Å². The molecule has 2 heterocycles. The van der Waals surface area contributed by atoms with Crippen LogP contribution in [0.25, 0.3) is 0 Å². The fourth-order valence-corrected chi connectivity index (χ4v) is 3.71. The van der Waals surface area contributed by atoms with Crippen molar-refractivity contribution in [3.05, 3.63) is 63.6 Å². The summed E-state index contributed by atoms with van der Waals surface area (Å²) < 4.78 is 1.82. The molecule has 0 radical (unpaired) electrons. The molecule has 0 aliphatic heterocycles. The highest BCUT2D eigenvalue weighted by atomic mass is 32.1. The van der Waals surface area contributed by atoms with Crippen LogP contribution in [-0.4, -0.2) is 38.8 Å². The van der Waals surface area contributed by atoms with Crippen LogP contribution in [0.15, 0.2) is 41.9 Å². The standard InChI is InChI=1S/C20H27N7S/c1-4-22-20(23-9-8-19-26-15(2)16(3)28-19)24-11-17-6-5-7-18(10-17)12-27-14-21-13-25-27/h5-7,10,13-14H,4,8-9,11-12H2,1-3H3,(H2,22,23,24). The Morgan fingerprint density at radius 1 is 1.21 bits per heavy atom. The number of benzene rings is 1. The van der Waals surface area contributed by atoms with Crippen LogP contribution in [0, 0.1) is 13.8 Å². The van der Waals surface area contributed by atoms with Gasteiger partial charge in [0.25, 0.3) is 0 Å². The molecule has 2 aromatic heterocycles. The van der Waals surface area contributed by atoms with E-state index < -0.39 is 0 Å². The van der Waals surface area contributed by atoms with Gasteiger partial charge in [0.1, 0.15) is 12.7 Å². The maximum atomic E-state index is 4.72. The molecule has 1 aromatic carbocycles. The summed E-state index contributed by atoms with van der Waals surface area (Å²) in [5.74, 6) is 0.828. The number of aryl methyl sites for hydroxylation is 2. The molecule has 0 unspecified atom stereocenters. The van der Waals surface area contributed by atoms with Gasteiger partial charge in [-0.15, -0.1) is 11.3 Å². The molecule has 2 N–H and O–H groups in total. The lowest BCUT2D eigenvalue weighted by molar-refractivity contribution is 0.684. The minimum atomic E-state index is 0.621. The molecule has 28 heavy (non-hydrogen) atoms. The van der Waals surface area contributed by atoms with Gasteiger partial charge in [0.2, 0.25) is 0 Å². The van der Waals surface area contributed by atoms with Crippen molar-refractivity contribution in [1.29, 1.82) is 0 Å². The summed E-state index contributed by atoms with van der Waals surface area (Å²) in [6.07, 6.45) is 4.18. The Bertz CT molecular complexity index is 880. The molecule has 0 fully saturated rings. The zero-order chi connectivity index (χ0) is 19.8. The number of rotatable bonds is 8. The van der Waals surface area contributed by atoms with Crippen LogP contribution in [0.1, 0.15) is 33.6 Å². The molecule has 0 aliphatic carbocycles. The van der Waals surface area contributed by atoms with E-state index in [-0.39, 0.29) is 0 Å². The molecule has 0 amide bonds. The van der Waals surface area contributed by atoms with Crippen molar-refractivity contribution in [3.63, 3.8) is 0 Å². The van der Waals surface area contributed by atoms with Crippen LogP contribution in [0.4, 0.5) is 0 Å². The Morgan fingerprint density at radius 2 is 2.07 bits per heavy atom. The third-order valence-electron chi connectivity index (χ3n) is 4.27. The highest BCUT2D eigenvalue weighted by Crippen LogP contribution is 2.16. The van der Waals surface area contributed by atoms with Crippen molar-refractivity contribution in [2.24, 2.45) is 4.99 Å². The topological polar surface area (TPSA) is 80.0 Å². The first-order chi connectivity index (χ1) is 13.6. The quantitative estimate of drug-likeness (QED) is 0.451. The van der Waals surface area contributed by atoms with Crippen molar-refractivity contribution >= 4 is 17.3 Å². The van der Waals surface area contributed by atoms with Crippen LogP contribution in [0.3, 0.4) is 0 Å². The molecule has 7 nitrogen and oxygen atoms in total. The van der Waals surface area contributed by atoms with Gasteiger partial charge >= 0.3 is 0 Å². The van der Waals surface area contributed by atoms with E-state index in [1.807, 2.05) is 4.68 Å². The van der Waals surface area contributed by atoms with E-state index >= 15 is 0 Å². The van der Waals surface area contributed by atoms with Crippen LogP contribution in [-0.2, 0) is 19.5 Å². The Labute approximate surface area is 170 Å². The van der Waals surface area contributed by atoms with Crippen LogP contribution in [0.2, 0.25) is 0 Å². The molecule has 0 saturated heterocycles. The first-order valence-electron chi connectivity index (χ1n) is 9.49. The average molecular weight is 398 g/mol. The van der Waals surface area contributed by atoms with Gasteiger partial charge in [-0.05, 0) is 31.9 Å². The fourth-order valence-electron chi connectivity index (χ4n) is 2.77. The Kier molecular flexibility index (Phi) is 7.13. The number of aliphatic imine (C=N–C) groups is 1. The smallest absolute Gasteiger partial charge is 0.191 e. The van der Waals surface area contributed by atoms with Crippen LogP contribution in [0.5, 0.6) is 0 Å². The SMILES string of the molecule is CCNC(=NCc1cccc(Cn2cncn2)c1)NCCc1nc(C)c(C)s1. The van der Waals surface area contributed by atoms with Crippen LogP contribution >= 0.6 is 11.3 Å². The third kappa shape index (κ3) is 5.88. The highest BCUT2D eigenvalue weighted by Gasteiger charge is 2.04. The number of nitrogens with zero attached hydrogens (tertiary/aromatic N) is 5. The summed E-state index contributed by atoms with van der Waals surface area (Å²) in [5.41, 5.74) is 3.48. The Balaban J connectivity index is 1.56. The molecule has 0 saturated carbocycles. The van der Waals surface area contributed by atoms with Gasteiger partial charge in [-0.3, -0.25) is 0 Å². The van der Waals surface area contributed by atoms with E-state index in [1.54, 1.807) is 24.0 Å². The second-order valence-corrected chi connectivity index (χ2v) is 7.82. The summed E-state index contributed by atoms with van der Waals surface area (Å²) in [7, 11) is 0. The van der Waals surface area contributed by atoms with Gasteiger partial charge in [0.05, 0.1) is 23.8 Å². The average Bonchev–Trinajstić information content (AvgIpc) is 3.30. The lowest BCUT2D eigenvalue weighted by Gasteiger charge is -2.11. The summed E-state index contributed by atoms with van der Waals surface area (Å²) in [4.78, 5) is 14.6. The van der Waals surface area contributed by atoms with E-state index in [1.165, 1.54) is 21.0 Å². The normalized spacial score (nSPS) is 11.6. The van der Waals surface area contributed by atoms with Crippen LogP contribution < -0.4 is 10.6 Å². The third-order valence-corrected chi connectivity index (χ3v) is 5.40. The predicted octanol–water partition coefficient (Wildman–Crippen LogP) is 2.70. The second kappa shape index (κ2) is 9.98. The number of hydrogen-bond acceptors (Lipinski definition) is 5. The van der Waals surface area contributed by atoms with Gasteiger partial charge in [-0.1, -0.05) is 24.3 Å². The van der Waals surface area contributed by atoms with Crippen molar-refractivity contribution in [2.45, 2.75) is 40.3 Å².